The van der Waals surface area contributed by atoms with Gasteiger partial charge in [-0.15, -0.1) is 0 Å². The van der Waals surface area contributed by atoms with E-state index in [2.05, 4.69) is 41.6 Å². The predicted molar refractivity (Wildman–Crippen MR) is 85.8 cm³/mol. The van der Waals surface area contributed by atoms with E-state index in [1.807, 2.05) is 24.3 Å². The van der Waals surface area contributed by atoms with Crippen molar-refractivity contribution in [3.05, 3.63) is 28.7 Å². The number of halogens is 1. The van der Waals surface area contributed by atoms with E-state index >= 15 is 0 Å². The van der Waals surface area contributed by atoms with E-state index in [-0.39, 0.29) is 0 Å². The number of rotatable bonds is 9. The first-order valence-electron chi connectivity index (χ1n) is 7.30. The lowest BCUT2D eigenvalue weighted by Gasteiger charge is -2.25. The Balaban J connectivity index is 2.31. The molecule has 2 nitrogen and oxygen atoms in total. The molecule has 108 valence electrons. The molecule has 0 spiro atoms. The lowest BCUT2D eigenvalue weighted by Crippen LogP contribution is -2.32. The molecule has 1 aromatic rings. The zero-order valence-corrected chi connectivity index (χ0v) is 13.9. The van der Waals surface area contributed by atoms with E-state index < -0.39 is 0 Å². The van der Waals surface area contributed by atoms with Gasteiger partial charge in [-0.3, -0.25) is 4.90 Å². The van der Waals surface area contributed by atoms with Crippen molar-refractivity contribution in [3.8, 4) is 5.75 Å². The van der Waals surface area contributed by atoms with Crippen molar-refractivity contribution in [1.29, 1.82) is 0 Å². The molecule has 0 aliphatic carbocycles. The van der Waals surface area contributed by atoms with E-state index in [4.69, 9.17) is 4.74 Å². The molecule has 0 aliphatic heterocycles. The number of hydrogen-bond donors (Lipinski definition) is 0. The number of ether oxygens (including phenoxy) is 1. The second-order valence-electron chi connectivity index (χ2n) is 4.88. The summed E-state index contributed by atoms with van der Waals surface area (Å²) in [5.41, 5.74) is 0. The third-order valence-electron chi connectivity index (χ3n) is 3.61. The van der Waals surface area contributed by atoms with Crippen molar-refractivity contribution < 1.29 is 4.74 Å². The summed E-state index contributed by atoms with van der Waals surface area (Å²) in [6, 6.07) is 8.02. The Labute approximate surface area is 126 Å². The van der Waals surface area contributed by atoms with Crippen LogP contribution >= 0.6 is 15.9 Å². The molecule has 0 N–H and O–H groups in total. The minimum atomic E-state index is 0.760. The maximum Gasteiger partial charge on any atom is 0.119 e. The number of hydrogen-bond acceptors (Lipinski definition) is 2. The molecule has 0 unspecified atom stereocenters. The summed E-state index contributed by atoms with van der Waals surface area (Å²) in [6.07, 6.45) is 2.53. The molecule has 0 atom stereocenters. The Hall–Kier alpha value is -0.540. The van der Waals surface area contributed by atoms with Crippen molar-refractivity contribution in [2.75, 3.05) is 26.2 Å². The minimum absolute atomic E-state index is 0.760. The highest BCUT2D eigenvalue weighted by molar-refractivity contribution is 9.10. The first kappa shape index (κ1) is 16.5. The van der Waals surface area contributed by atoms with Crippen LogP contribution < -0.4 is 4.74 Å². The van der Waals surface area contributed by atoms with Crippen LogP contribution in [0.25, 0.3) is 0 Å². The van der Waals surface area contributed by atoms with Gasteiger partial charge in [-0.25, -0.2) is 0 Å². The van der Waals surface area contributed by atoms with Crippen LogP contribution in [0.3, 0.4) is 0 Å². The average Bonchev–Trinajstić information content (AvgIpc) is 2.44. The second-order valence-corrected chi connectivity index (χ2v) is 5.79. The summed E-state index contributed by atoms with van der Waals surface area (Å²) < 4.78 is 6.87. The van der Waals surface area contributed by atoms with Crippen molar-refractivity contribution in [2.24, 2.45) is 5.92 Å². The quantitative estimate of drug-likeness (QED) is 0.657. The molecular weight excluding hydrogens is 302 g/mol. The zero-order valence-electron chi connectivity index (χ0n) is 12.4. The van der Waals surface area contributed by atoms with Crippen molar-refractivity contribution >= 4 is 15.9 Å². The monoisotopic (exact) mass is 327 g/mol. The number of likely N-dealkylation sites (N-methyl/N-ethyl adjacent to an activating group) is 1. The normalized spacial score (nSPS) is 11.3. The van der Waals surface area contributed by atoms with Crippen LogP contribution in [0, 0.1) is 5.92 Å². The van der Waals surface area contributed by atoms with E-state index in [1.165, 1.54) is 19.4 Å². The fraction of sp³-hybridized carbons (Fsp3) is 0.625. The molecule has 0 amide bonds. The molecule has 1 aromatic carbocycles. The molecule has 0 saturated carbocycles. The summed E-state index contributed by atoms with van der Waals surface area (Å²) in [5, 5.41) is 0. The highest BCUT2D eigenvalue weighted by atomic mass is 79.9. The van der Waals surface area contributed by atoms with Crippen LogP contribution in [-0.4, -0.2) is 31.1 Å². The van der Waals surface area contributed by atoms with Gasteiger partial charge in [0, 0.05) is 17.6 Å². The first-order chi connectivity index (χ1) is 9.19. The largest absolute Gasteiger partial charge is 0.492 e. The maximum atomic E-state index is 5.78. The minimum Gasteiger partial charge on any atom is -0.492 e. The third kappa shape index (κ3) is 6.44. The zero-order chi connectivity index (χ0) is 14.1. The van der Waals surface area contributed by atoms with Crippen LogP contribution in [0.2, 0.25) is 0 Å². The van der Waals surface area contributed by atoms with Gasteiger partial charge in [-0.1, -0.05) is 49.5 Å². The molecule has 19 heavy (non-hydrogen) atoms. The maximum absolute atomic E-state index is 5.78. The standard InChI is InChI=1S/C16H26BrNO/c1-4-14(5-2)13-18(6-3)11-12-19-16-9-7-15(17)8-10-16/h7-10,14H,4-6,11-13H2,1-3H3. The molecule has 0 bridgehead atoms. The van der Waals surface area contributed by atoms with Gasteiger partial charge in [0.2, 0.25) is 0 Å². The molecule has 3 heteroatoms. The Morgan fingerprint density at radius 3 is 2.26 bits per heavy atom. The molecule has 0 saturated heterocycles. The topological polar surface area (TPSA) is 12.5 Å². The lowest BCUT2D eigenvalue weighted by atomic mass is 10.0. The van der Waals surface area contributed by atoms with Crippen LogP contribution in [0.1, 0.15) is 33.6 Å². The Morgan fingerprint density at radius 2 is 1.74 bits per heavy atom. The third-order valence-corrected chi connectivity index (χ3v) is 4.14. The van der Waals surface area contributed by atoms with Crippen molar-refractivity contribution in [2.45, 2.75) is 33.6 Å². The number of benzene rings is 1. The van der Waals surface area contributed by atoms with Crippen LogP contribution in [0.5, 0.6) is 5.75 Å². The highest BCUT2D eigenvalue weighted by Crippen LogP contribution is 2.16. The van der Waals surface area contributed by atoms with Crippen LogP contribution in [0.15, 0.2) is 28.7 Å². The van der Waals surface area contributed by atoms with E-state index in [9.17, 15) is 0 Å². The van der Waals surface area contributed by atoms with Crippen LogP contribution in [0.4, 0.5) is 0 Å². The molecule has 0 aliphatic rings. The van der Waals surface area contributed by atoms with Crippen molar-refractivity contribution in [1.82, 2.24) is 4.90 Å². The molecule has 0 heterocycles. The van der Waals surface area contributed by atoms with Gasteiger partial charge in [0.15, 0.2) is 0 Å². The summed E-state index contributed by atoms with van der Waals surface area (Å²) in [5.74, 6) is 1.76. The summed E-state index contributed by atoms with van der Waals surface area (Å²) in [4.78, 5) is 2.48. The predicted octanol–water partition coefficient (Wildman–Crippen LogP) is 4.59. The van der Waals surface area contributed by atoms with Crippen LogP contribution in [-0.2, 0) is 0 Å². The van der Waals surface area contributed by atoms with Crippen molar-refractivity contribution in [3.63, 3.8) is 0 Å². The van der Waals surface area contributed by atoms with Gasteiger partial charge in [-0.05, 0) is 36.7 Å². The smallest absolute Gasteiger partial charge is 0.119 e. The fourth-order valence-corrected chi connectivity index (χ4v) is 2.38. The second kappa shape index (κ2) is 9.38. The Morgan fingerprint density at radius 1 is 1.11 bits per heavy atom. The molecule has 0 radical (unpaired) electrons. The van der Waals surface area contributed by atoms with Gasteiger partial charge in [0.1, 0.15) is 12.4 Å². The molecular formula is C16H26BrNO. The van der Waals surface area contributed by atoms with E-state index in [0.717, 1.165) is 35.8 Å². The first-order valence-corrected chi connectivity index (χ1v) is 8.09. The molecule has 0 aromatic heterocycles. The lowest BCUT2D eigenvalue weighted by molar-refractivity contribution is 0.188. The van der Waals surface area contributed by atoms with Gasteiger partial charge in [0.25, 0.3) is 0 Å². The van der Waals surface area contributed by atoms with Gasteiger partial charge in [-0.2, -0.15) is 0 Å². The summed E-state index contributed by atoms with van der Waals surface area (Å²) in [6.45, 7) is 10.8. The summed E-state index contributed by atoms with van der Waals surface area (Å²) in [7, 11) is 0. The van der Waals surface area contributed by atoms with E-state index in [0.29, 0.717) is 0 Å². The van der Waals surface area contributed by atoms with Gasteiger partial charge in [0.05, 0.1) is 0 Å². The number of nitrogens with zero attached hydrogens (tertiary/aromatic N) is 1. The van der Waals surface area contributed by atoms with Gasteiger partial charge >= 0.3 is 0 Å². The average molecular weight is 328 g/mol. The Kier molecular flexibility index (Phi) is 8.15. The highest BCUT2D eigenvalue weighted by Gasteiger charge is 2.09. The summed E-state index contributed by atoms with van der Waals surface area (Å²) >= 11 is 3.43. The SMILES string of the molecule is CCC(CC)CN(CC)CCOc1ccc(Br)cc1. The molecule has 1 rings (SSSR count). The fourth-order valence-electron chi connectivity index (χ4n) is 2.11. The Bertz CT molecular complexity index is 335. The molecule has 0 fully saturated rings. The van der Waals surface area contributed by atoms with E-state index in [1.54, 1.807) is 0 Å². The van der Waals surface area contributed by atoms with Gasteiger partial charge < -0.3 is 4.74 Å².